The Hall–Kier alpha value is -2.35. The van der Waals surface area contributed by atoms with Gasteiger partial charge in [-0.05, 0) is 19.1 Å². The van der Waals surface area contributed by atoms with Gasteiger partial charge in [0.1, 0.15) is 0 Å². The highest BCUT2D eigenvalue weighted by molar-refractivity contribution is 8.00. The van der Waals surface area contributed by atoms with Gasteiger partial charge in [0.2, 0.25) is 17.8 Å². The second kappa shape index (κ2) is 6.20. The third-order valence-electron chi connectivity index (χ3n) is 2.34. The number of amides is 1. The maximum absolute atomic E-state index is 12.0. The highest BCUT2D eigenvalue weighted by Gasteiger charge is 2.16. The van der Waals surface area contributed by atoms with Crippen LogP contribution in [-0.4, -0.2) is 26.1 Å². The van der Waals surface area contributed by atoms with Crippen LogP contribution in [0.1, 0.15) is 6.92 Å². The topological polar surface area (TPSA) is 120 Å². The van der Waals surface area contributed by atoms with Gasteiger partial charge in [0, 0.05) is 5.69 Å². The molecule has 0 fully saturated rings. The predicted octanol–water partition coefficient (Wildman–Crippen LogP) is 1.16. The number of para-hydroxylation sites is 1. The number of carbonyl (C=O) groups excluding carboxylic acids is 1. The molecule has 0 spiro atoms. The fourth-order valence-electron chi connectivity index (χ4n) is 1.42. The Morgan fingerprint density at radius 1 is 1.15 bits per heavy atom. The summed E-state index contributed by atoms with van der Waals surface area (Å²) in [4.78, 5) is 23.5. The van der Waals surface area contributed by atoms with Crippen molar-refractivity contribution in [3.05, 3.63) is 30.3 Å². The Bertz CT molecular complexity index is 586. The number of anilines is 3. The Morgan fingerprint density at radius 2 is 1.75 bits per heavy atom. The summed E-state index contributed by atoms with van der Waals surface area (Å²) in [6.45, 7) is 1.75. The number of hydrogen-bond acceptors (Lipinski definition) is 7. The molecule has 1 unspecified atom stereocenters. The van der Waals surface area contributed by atoms with Crippen LogP contribution in [0.25, 0.3) is 0 Å². The summed E-state index contributed by atoms with van der Waals surface area (Å²) in [6.07, 6.45) is 0. The van der Waals surface area contributed by atoms with E-state index in [4.69, 9.17) is 11.5 Å². The summed E-state index contributed by atoms with van der Waals surface area (Å²) in [6, 6.07) is 9.20. The number of aromatic nitrogens is 3. The SMILES string of the molecule is CC(Sc1nc(N)nc(N)n1)C(=O)Nc1ccccc1. The molecule has 1 heterocycles. The van der Waals surface area contributed by atoms with Crippen LogP contribution in [0.4, 0.5) is 17.6 Å². The van der Waals surface area contributed by atoms with Crippen molar-refractivity contribution in [2.24, 2.45) is 0 Å². The lowest BCUT2D eigenvalue weighted by molar-refractivity contribution is -0.115. The van der Waals surface area contributed by atoms with Gasteiger partial charge in [0.05, 0.1) is 5.25 Å². The van der Waals surface area contributed by atoms with Gasteiger partial charge in [-0.25, -0.2) is 0 Å². The minimum atomic E-state index is -0.392. The number of benzene rings is 1. The molecule has 2 rings (SSSR count). The van der Waals surface area contributed by atoms with Gasteiger partial charge in [-0.15, -0.1) is 0 Å². The van der Waals surface area contributed by atoms with Gasteiger partial charge in [-0.3, -0.25) is 4.79 Å². The Kier molecular flexibility index (Phi) is 4.36. The van der Waals surface area contributed by atoms with Crippen molar-refractivity contribution in [3.63, 3.8) is 0 Å². The van der Waals surface area contributed by atoms with E-state index in [-0.39, 0.29) is 17.8 Å². The zero-order valence-corrected chi connectivity index (χ0v) is 11.6. The largest absolute Gasteiger partial charge is 0.368 e. The standard InChI is InChI=1S/C12H14N6OS/c1-7(9(19)15-8-5-3-2-4-6-8)20-12-17-10(13)16-11(14)18-12/h2-7H,1H3,(H,15,19)(H4,13,14,16,17,18). The fraction of sp³-hybridized carbons (Fsp3) is 0.167. The van der Waals surface area contributed by atoms with E-state index >= 15 is 0 Å². The summed E-state index contributed by atoms with van der Waals surface area (Å²) < 4.78 is 0. The third kappa shape index (κ3) is 3.82. The second-order valence-electron chi connectivity index (χ2n) is 3.95. The minimum absolute atomic E-state index is 0.0377. The van der Waals surface area contributed by atoms with Crippen molar-refractivity contribution in [2.75, 3.05) is 16.8 Å². The van der Waals surface area contributed by atoms with Gasteiger partial charge in [-0.2, -0.15) is 15.0 Å². The summed E-state index contributed by atoms with van der Waals surface area (Å²) in [5.41, 5.74) is 11.7. The molecule has 0 aliphatic rings. The minimum Gasteiger partial charge on any atom is -0.368 e. The number of rotatable bonds is 4. The highest BCUT2D eigenvalue weighted by Crippen LogP contribution is 2.21. The Balaban J connectivity index is 2.00. The van der Waals surface area contributed by atoms with Crippen molar-refractivity contribution < 1.29 is 4.79 Å². The van der Waals surface area contributed by atoms with Crippen molar-refractivity contribution in [3.8, 4) is 0 Å². The van der Waals surface area contributed by atoms with Crippen molar-refractivity contribution in [1.82, 2.24) is 15.0 Å². The fourth-order valence-corrected chi connectivity index (χ4v) is 2.19. The summed E-state index contributed by atoms with van der Waals surface area (Å²) in [5.74, 6) is -0.0786. The number of nitrogens with zero attached hydrogens (tertiary/aromatic N) is 3. The van der Waals surface area contributed by atoms with Crippen molar-refractivity contribution in [2.45, 2.75) is 17.3 Å². The molecule has 2 aromatic rings. The molecule has 1 amide bonds. The molecule has 20 heavy (non-hydrogen) atoms. The molecule has 1 atom stereocenters. The van der Waals surface area contributed by atoms with Crippen LogP contribution in [0.2, 0.25) is 0 Å². The first-order valence-corrected chi connectivity index (χ1v) is 6.72. The van der Waals surface area contributed by atoms with Gasteiger partial charge in [0.15, 0.2) is 5.16 Å². The van der Waals surface area contributed by atoms with Crippen LogP contribution >= 0.6 is 11.8 Å². The van der Waals surface area contributed by atoms with Crippen LogP contribution in [0.15, 0.2) is 35.5 Å². The quantitative estimate of drug-likeness (QED) is 0.722. The smallest absolute Gasteiger partial charge is 0.237 e. The van der Waals surface area contributed by atoms with Crippen molar-refractivity contribution >= 4 is 35.3 Å². The number of carbonyl (C=O) groups is 1. The molecule has 104 valence electrons. The molecule has 7 nitrogen and oxygen atoms in total. The second-order valence-corrected chi connectivity index (χ2v) is 5.26. The highest BCUT2D eigenvalue weighted by atomic mass is 32.2. The van der Waals surface area contributed by atoms with Gasteiger partial charge < -0.3 is 16.8 Å². The summed E-state index contributed by atoms with van der Waals surface area (Å²) >= 11 is 1.16. The lowest BCUT2D eigenvalue weighted by Gasteiger charge is -2.11. The first-order chi connectivity index (χ1) is 9.54. The molecular weight excluding hydrogens is 276 g/mol. The molecule has 0 aliphatic heterocycles. The molecule has 1 aromatic heterocycles. The van der Waals surface area contributed by atoms with Crippen molar-refractivity contribution in [1.29, 1.82) is 0 Å². The molecule has 8 heteroatoms. The van der Waals surface area contributed by atoms with E-state index in [1.54, 1.807) is 6.92 Å². The van der Waals surface area contributed by atoms with E-state index < -0.39 is 5.25 Å². The molecule has 0 saturated carbocycles. The normalized spacial score (nSPS) is 11.8. The van der Waals surface area contributed by atoms with E-state index in [1.165, 1.54) is 0 Å². The van der Waals surface area contributed by atoms with Gasteiger partial charge in [0.25, 0.3) is 0 Å². The lowest BCUT2D eigenvalue weighted by atomic mass is 10.3. The Labute approximate surface area is 120 Å². The van der Waals surface area contributed by atoms with E-state index in [2.05, 4.69) is 20.3 Å². The zero-order chi connectivity index (χ0) is 14.5. The van der Waals surface area contributed by atoms with Crippen LogP contribution in [0.3, 0.4) is 0 Å². The van der Waals surface area contributed by atoms with E-state index in [1.807, 2.05) is 30.3 Å². The van der Waals surface area contributed by atoms with E-state index in [9.17, 15) is 4.79 Å². The third-order valence-corrected chi connectivity index (χ3v) is 3.30. The molecule has 1 aromatic carbocycles. The molecule has 0 saturated heterocycles. The van der Waals surface area contributed by atoms with Gasteiger partial charge >= 0.3 is 0 Å². The molecular formula is C12H14N6OS. The Morgan fingerprint density at radius 3 is 2.35 bits per heavy atom. The molecule has 0 aliphatic carbocycles. The first kappa shape index (κ1) is 14.1. The number of nitrogen functional groups attached to an aromatic ring is 2. The van der Waals surface area contributed by atoms with Crippen LogP contribution < -0.4 is 16.8 Å². The average molecular weight is 290 g/mol. The zero-order valence-electron chi connectivity index (χ0n) is 10.8. The number of thioether (sulfide) groups is 1. The monoisotopic (exact) mass is 290 g/mol. The number of hydrogen-bond donors (Lipinski definition) is 3. The average Bonchev–Trinajstić information content (AvgIpc) is 2.38. The first-order valence-electron chi connectivity index (χ1n) is 5.84. The molecule has 0 bridgehead atoms. The van der Waals surface area contributed by atoms with Crippen LogP contribution in [-0.2, 0) is 4.79 Å². The molecule has 5 N–H and O–H groups in total. The predicted molar refractivity (Wildman–Crippen MR) is 79.0 cm³/mol. The van der Waals surface area contributed by atoms with E-state index in [0.717, 1.165) is 17.4 Å². The number of nitrogens with two attached hydrogens (primary N) is 2. The van der Waals surface area contributed by atoms with Crippen LogP contribution in [0, 0.1) is 0 Å². The van der Waals surface area contributed by atoms with E-state index in [0.29, 0.717) is 5.16 Å². The lowest BCUT2D eigenvalue weighted by Crippen LogP contribution is -2.22. The molecule has 0 radical (unpaired) electrons. The maximum Gasteiger partial charge on any atom is 0.237 e. The van der Waals surface area contributed by atoms with Crippen LogP contribution in [0.5, 0.6) is 0 Å². The summed E-state index contributed by atoms with van der Waals surface area (Å²) in [7, 11) is 0. The summed E-state index contributed by atoms with van der Waals surface area (Å²) in [5, 5.41) is 2.73. The number of nitrogens with one attached hydrogen (secondary N) is 1. The van der Waals surface area contributed by atoms with Gasteiger partial charge in [-0.1, -0.05) is 30.0 Å². The maximum atomic E-state index is 12.0.